The summed E-state index contributed by atoms with van der Waals surface area (Å²) in [5.74, 6) is -0.612. The third-order valence-electron chi connectivity index (χ3n) is 2.60. The quantitative estimate of drug-likeness (QED) is 0.775. The molecule has 0 radical (unpaired) electrons. The van der Waals surface area contributed by atoms with Crippen LogP contribution in [-0.2, 0) is 0 Å². The first-order valence-electron chi connectivity index (χ1n) is 4.98. The zero-order valence-electron chi connectivity index (χ0n) is 9.04. The van der Waals surface area contributed by atoms with E-state index in [9.17, 15) is 9.59 Å². The molecule has 0 N–H and O–H groups in total. The Morgan fingerprint density at radius 1 is 1.12 bits per heavy atom. The lowest BCUT2D eigenvalue weighted by Crippen LogP contribution is -2.31. The van der Waals surface area contributed by atoms with Crippen LogP contribution in [0.2, 0.25) is 0 Å². The Morgan fingerprint density at radius 3 is 2.00 bits per heavy atom. The lowest BCUT2D eigenvalue weighted by Gasteiger charge is -2.13. The van der Waals surface area contributed by atoms with Crippen molar-refractivity contribution in [1.82, 2.24) is 4.90 Å². The van der Waals surface area contributed by atoms with E-state index in [-0.39, 0.29) is 22.9 Å². The van der Waals surface area contributed by atoms with E-state index in [2.05, 4.69) is 0 Å². The van der Waals surface area contributed by atoms with Gasteiger partial charge in [0.05, 0.1) is 17.7 Å². The highest BCUT2D eigenvalue weighted by molar-refractivity contribution is 6.56. The van der Waals surface area contributed by atoms with Crippen LogP contribution in [0.25, 0.3) is 0 Å². The molecule has 0 atom stereocenters. The number of amides is 2. The molecule has 0 spiro atoms. The van der Waals surface area contributed by atoms with Crippen LogP contribution in [0.1, 0.15) is 27.6 Å². The molecular weight excluding hydrogens is 261 g/mol. The summed E-state index contributed by atoms with van der Waals surface area (Å²) < 4.78 is 0.0848. The van der Waals surface area contributed by atoms with E-state index in [0.717, 1.165) is 4.90 Å². The number of fused-ring (bicyclic) bond motifs is 1. The lowest BCUT2D eigenvalue weighted by molar-refractivity contribution is 0.0668. The molecule has 0 unspecified atom stereocenters. The summed E-state index contributed by atoms with van der Waals surface area (Å²) in [5.41, 5.74) is 1.44. The molecule has 1 aliphatic rings. The molecule has 2 amide bonds. The van der Waals surface area contributed by atoms with E-state index in [4.69, 9.17) is 23.2 Å². The van der Waals surface area contributed by atoms with E-state index >= 15 is 0 Å². The van der Waals surface area contributed by atoms with Gasteiger partial charge in [-0.2, -0.15) is 0 Å². The maximum Gasteiger partial charge on any atom is 0.261 e. The van der Waals surface area contributed by atoms with Gasteiger partial charge in [0, 0.05) is 0 Å². The summed E-state index contributed by atoms with van der Waals surface area (Å²) >= 11 is 11.2. The fourth-order valence-corrected chi connectivity index (χ4v) is 1.80. The molecule has 1 aromatic carbocycles. The Balaban J connectivity index is 2.34. The number of hydrogen-bond donors (Lipinski definition) is 0. The van der Waals surface area contributed by atoms with Crippen molar-refractivity contribution in [1.29, 1.82) is 0 Å². The summed E-state index contributed by atoms with van der Waals surface area (Å²) in [6.45, 7) is 1.80. The van der Waals surface area contributed by atoms with Crippen molar-refractivity contribution in [2.45, 2.75) is 6.92 Å². The molecule has 3 nitrogen and oxygen atoms in total. The minimum absolute atomic E-state index is 0.0848. The average molecular weight is 270 g/mol. The van der Waals surface area contributed by atoms with E-state index in [1.807, 2.05) is 0 Å². The molecule has 0 fully saturated rings. The second-order valence-electron chi connectivity index (χ2n) is 3.78. The summed E-state index contributed by atoms with van der Waals surface area (Å²) in [4.78, 5) is 25.1. The standard InChI is InChI=1S/C12H9Cl2NO2/c1-7(10(13)14)6-15-11(16)8-4-2-3-5-9(8)12(15)17/h2-5H,6H2,1H3. The maximum absolute atomic E-state index is 12.0. The first-order valence-corrected chi connectivity index (χ1v) is 5.74. The van der Waals surface area contributed by atoms with Crippen molar-refractivity contribution in [3.05, 3.63) is 45.5 Å². The molecule has 0 bridgehead atoms. The number of halogens is 2. The zero-order chi connectivity index (χ0) is 12.6. The molecule has 1 aromatic rings. The van der Waals surface area contributed by atoms with Crippen LogP contribution in [0.3, 0.4) is 0 Å². The van der Waals surface area contributed by atoms with Gasteiger partial charge >= 0.3 is 0 Å². The third kappa shape index (κ3) is 2.08. The molecule has 0 saturated heterocycles. The van der Waals surface area contributed by atoms with Gasteiger partial charge in [-0.15, -0.1) is 0 Å². The minimum Gasteiger partial charge on any atom is -0.270 e. The molecule has 5 heteroatoms. The first kappa shape index (κ1) is 12.1. The third-order valence-corrected chi connectivity index (χ3v) is 3.24. The monoisotopic (exact) mass is 269 g/mol. The summed E-state index contributed by atoms with van der Waals surface area (Å²) in [6, 6.07) is 6.73. The summed E-state index contributed by atoms with van der Waals surface area (Å²) in [6.07, 6.45) is 0. The molecule has 0 aromatic heterocycles. The van der Waals surface area contributed by atoms with Gasteiger partial charge in [0.15, 0.2) is 0 Å². The minimum atomic E-state index is -0.306. The Labute approximate surface area is 109 Å². The van der Waals surface area contributed by atoms with Gasteiger partial charge in [0.2, 0.25) is 0 Å². The molecular formula is C12H9Cl2NO2. The van der Waals surface area contributed by atoms with E-state index in [0.29, 0.717) is 16.7 Å². The smallest absolute Gasteiger partial charge is 0.261 e. The van der Waals surface area contributed by atoms with Crippen LogP contribution < -0.4 is 0 Å². The topological polar surface area (TPSA) is 37.4 Å². The van der Waals surface area contributed by atoms with Crippen molar-refractivity contribution in [3.8, 4) is 0 Å². The van der Waals surface area contributed by atoms with Crippen LogP contribution in [0.15, 0.2) is 34.3 Å². The number of carbonyl (C=O) groups excluding carboxylic acids is 2. The van der Waals surface area contributed by atoms with E-state index in [1.165, 1.54) is 0 Å². The van der Waals surface area contributed by atoms with Gasteiger partial charge in [-0.25, -0.2) is 0 Å². The summed E-state index contributed by atoms with van der Waals surface area (Å²) in [5, 5.41) is 0. The van der Waals surface area contributed by atoms with Crippen LogP contribution in [-0.4, -0.2) is 23.3 Å². The number of imide groups is 1. The van der Waals surface area contributed by atoms with Gasteiger partial charge in [-0.05, 0) is 24.6 Å². The van der Waals surface area contributed by atoms with E-state index in [1.54, 1.807) is 31.2 Å². The molecule has 0 aliphatic carbocycles. The van der Waals surface area contributed by atoms with E-state index < -0.39 is 0 Å². The molecule has 88 valence electrons. The lowest BCUT2D eigenvalue weighted by atomic mass is 10.1. The van der Waals surface area contributed by atoms with Crippen LogP contribution in [0.5, 0.6) is 0 Å². The highest BCUT2D eigenvalue weighted by Gasteiger charge is 2.35. The van der Waals surface area contributed by atoms with Crippen LogP contribution in [0, 0.1) is 0 Å². The molecule has 0 saturated carbocycles. The van der Waals surface area contributed by atoms with Crippen LogP contribution >= 0.6 is 23.2 Å². The fraction of sp³-hybridized carbons (Fsp3) is 0.167. The van der Waals surface area contributed by atoms with Crippen molar-refractivity contribution in [3.63, 3.8) is 0 Å². The Hall–Kier alpha value is -1.32. The largest absolute Gasteiger partial charge is 0.270 e. The number of hydrogen-bond acceptors (Lipinski definition) is 2. The number of nitrogens with zero attached hydrogens (tertiary/aromatic N) is 1. The molecule has 1 aliphatic heterocycles. The Bertz CT molecular complexity index is 498. The zero-order valence-corrected chi connectivity index (χ0v) is 10.5. The molecule has 1 heterocycles. The van der Waals surface area contributed by atoms with Gasteiger partial charge in [0.1, 0.15) is 4.49 Å². The predicted molar refractivity (Wildman–Crippen MR) is 66.2 cm³/mol. The second-order valence-corrected chi connectivity index (χ2v) is 4.73. The van der Waals surface area contributed by atoms with Crippen molar-refractivity contribution in [2.24, 2.45) is 0 Å². The van der Waals surface area contributed by atoms with Gasteiger partial charge < -0.3 is 0 Å². The molecule has 2 rings (SSSR count). The summed E-state index contributed by atoms with van der Waals surface area (Å²) in [7, 11) is 0. The normalized spacial score (nSPS) is 13.9. The Kier molecular flexibility index (Phi) is 3.22. The van der Waals surface area contributed by atoms with Crippen LogP contribution in [0.4, 0.5) is 0 Å². The average Bonchev–Trinajstić information content (AvgIpc) is 2.55. The highest BCUT2D eigenvalue weighted by Crippen LogP contribution is 2.24. The first-order chi connectivity index (χ1) is 8.02. The second kappa shape index (κ2) is 4.51. The number of benzene rings is 1. The van der Waals surface area contributed by atoms with Gasteiger partial charge in [-0.3, -0.25) is 14.5 Å². The predicted octanol–water partition coefficient (Wildman–Crippen LogP) is 2.99. The number of carbonyl (C=O) groups is 2. The van der Waals surface area contributed by atoms with Crippen molar-refractivity contribution < 1.29 is 9.59 Å². The fourth-order valence-electron chi connectivity index (χ4n) is 1.68. The SMILES string of the molecule is CC(CN1C(=O)c2ccccc2C1=O)=C(Cl)Cl. The number of rotatable bonds is 2. The molecule has 17 heavy (non-hydrogen) atoms. The Morgan fingerprint density at radius 2 is 1.59 bits per heavy atom. The highest BCUT2D eigenvalue weighted by atomic mass is 35.5. The maximum atomic E-state index is 12.0. The van der Waals surface area contributed by atoms with Crippen molar-refractivity contribution >= 4 is 35.0 Å². The van der Waals surface area contributed by atoms with Crippen molar-refractivity contribution in [2.75, 3.05) is 6.54 Å². The van der Waals surface area contributed by atoms with Gasteiger partial charge in [-0.1, -0.05) is 35.3 Å². The van der Waals surface area contributed by atoms with Gasteiger partial charge in [0.25, 0.3) is 11.8 Å².